The molecule has 1 atom stereocenters. The molecular formula is C12H11ClN2O2S. The third-order valence-electron chi connectivity index (χ3n) is 2.61. The van der Waals surface area contributed by atoms with Gasteiger partial charge in [-0.25, -0.2) is 0 Å². The summed E-state index contributed by atoms with van der Waals surface area (Å²) in [6, 6.07) is 8.08. The topological polar surface area (TPSA) is 69.2 Å². The van der Waals surface area contributed by atoms with E-state index in [2.05, 4.69) is 0 Å². The molecule has 0 spiro atoms. The Balaban J connectivity index is 2.25. The van der Waals surface area contributed by atoms with Crippen LogP contribution in [0.5, 0.6) is 0 Å². The zero-order chi connectivity index (χ0) is 13.1. The predicted octanol–water partition coefficient (Wildman–Crippen LogP) is 3.55. The molecule has 0 aliphatic rings. The first-order valence-corrected chi connectivity index (χ1v) is 6.56. The highest BCUT2D eigenvalue weighted by atomic mass is 35.5. The van der Waals surface area contributed by atoms with E-state index in [0.717, 1.165) is 4.88 Å². The molecule has 2 rings (SSSR count). The van der Waals surface area contributed by atoms with Crippen molar-refractivity contribution >= 4 is 28.6 Å². The summed E-state index contributed by atoms with van der Waals surface area (Å²) in [5, 5.41) is 13.4. The van der Waals surface area contributed by atoms with E-state index in [1.54, 1.807) is 24.3 Å². The average molecular weight is 283 g/mol. The van der Waals surface area contributed by atoms with Crippen LogP contribution in [0, 0.1) is 10.1 Å². The molecule has 1 unspecified atom stereocenters. The molecule has 4 nitrogen and oxygen atoms in total. The van der Waals surface area contributed by atoms with Crippen LogP contribution in [0.25, 0.3) is 0 Å². The molecule has 0 bridgehead atoms. The van der Waals surface area contributed by atoms with E-state index in [-0.39, 0.29) is 11.7 Å². The van der Waals surface area contributed by atoms with Crippen LogP contribution >= 0.6 is 22.9 Å². The normalized spacial score (nSPS) is 12.3. The van der Waals surface area contributed by atoms with Crippen LogP contribution in [0.15, 0.2) is 35.7 Å². The zero-order valence-electron chi connectivity index (χ0n) is 9.38. The third kappa shape index (κ3) is 2.69. The summed E-state index contributed by atoms with van der Waals surface area (Å²) in [4.78, 5) is 11.4. The van der Waals surface area contributed by atoms with Crippen LogP contribution in [0.3, 0.4) is 0 Å². The maximum Gasteiger partial charge on any atom is 0.272 e. The second-order valence-electron chi connectivity index (χ2n) is 3.83. The Morgan fingerprint density at radius 1 is 1.39 bits per heavy atom. The standard InChI is InChI=1S/C12H11ClN2O2S/c13-9-5-6-18-12(9)10(14)7-8-3-1-2-4-11(8)15(16)17/h1-6,10H,7,14H2. The van der Waals surface area contributed by atoms with Gasteiger partial charge in [0.1, 0.15) is 0 Å². The molecular weight excluding hydrogens is 272 g/mol. The van der Waals surface area contributed by atoms with Crippen LogP contribution in [0.1, 0.15) is 16.5 Å². The molecule has 1 heterocycles. The lowest BCUT2D eigenvalue weighted by Crippen LogP contribution is -2.13. The minimum Gasteiger partial charge on any atom is -0.323 e. The number of hydrogen-bond acceptors (Lipinski definition) is 4. The summed E-state index contributed by atoms with van der Waals surface area (Å²) >= 11 is 7.46. The van der Waals surface area contributed by atoms with Gasteiger partial charge in [-0.3, -0.25) is 10.1 Å². The van der Waals surface area contributed by atoms with Gasteiger partial charge in [0, 0.05) is 22.5 Å². The van der Waals surface area contributed by atoms with Gasteiger partial charge in [0.25, 0.3) is 5.69 Å². The fourth-order valence-electron chi connectivity index (χ4n) is 1.76. The Kier molecular flexibility index (Phi) is 3.96. The molecule has 1 aromatic carbocycles. The average Bonchev–Trinajstić information content (AvgIpc) is 2.76. The SMILES string of the molecule is NC(Cc1ccccc1[N+](=O)[O-])c1sccc1Cl. The Hall–Kier alpha value is -1.43. The fourth-order valence-corrected chi connectivity index (χ4v) is 2.96. The number of thiophene rings is 1. The minimum absolute atomic E-state index is 0.0978. The fraction of sp³-hybridized carbons (Fsp3) is 0.167. The van der Waals surface area contributed by atoms with Crippen LogP contribution in [-0.4, -0.2) is 4.92 Å². The van der Waals surface area contributed by atoms with Crippen molar-refractivity contribution in [3.8, 4) is 0 Å². The maximum absolute atomic E-state index is 10.9. The van der Waals surface area contributed by atoms with E-state index in [4.69, 9.17) is 17.3 Å². The molecule has 0 saturated carbocycles. The number of halogens is 1. The monoisotopic (exact) mass is 282 g/mol. The van der Waals surface area contributed by atoms with E-state index in [1.807, 2.05) is 5.38 Å². The van der Waals surface area contributed by atoms with Gasteiger partial charge in [-0.15, -0.1) is 11.3 Å². The van der Waals surface area contributed by atoms with Crippen molar-refractivity contribution in [2.45, 2.75) is 12.5 Å². The molecule has 1 aromatic heterocycles. The van der Waals surface area contributed by atoms with Crippen molar-refractivity contribution in [3.05, 3.63) is 61.3 Å². The van der Waals surface area contributed by atoms with Gasteiger partial charge in [0.15, 0.2) is 0 Å². The molecule has 6 heteroatoms. The molecule has 0 fully saturated rings. The number of benzene rings is 1. The maximum atomic E-state index is 10.9. The predicted molar refractivity (Wildman–Crippen MR) is 73.1 cm³/mol. The van der Waals surface area contributed by atoms with E-state index >= 15 is 0 Å². The van der Waals surface area contributed by atoms with Gasteiger partial charge in [-0.1, -0.05) is 29.8 Å². The molecule has 2 aromatic rings. The number of nitro groups is 1. The summed E-state index contributed by atoms with van der Waals surface area (Å²) in [5.41, 5.74) is 6.77. The number of nitrogens with two attached hydrogens (primary N) is 1. The first-order chi connectivity index (χ1) is 8.59. The lowest BCUT2D eigenvalue weighted by Gasteiger charge is -2.10. The second-order valence-corrected chi connectivity index (χ2v) is 5.18. The van der Waals surface area contributed by atoms with E-state index in [0.29, 0.717) is 17.0 Å². The van der Waals surface area contributed by atoms with Gasteiger partial charge >= 0.3 is 0 Å². The van der Waals surface area contributed by atoms with Gasteiger partial charge in [0.05, 0.1) is 9.95 Å². The largest absolute Gasteiger partial charge is 0.323 e. The van der Waals surface area contributed by atoms with Crippen molar-refractivity contribution in [2.24, 2.45) is 5.73 Å². The first-order valence-electron chi connectivity index (χ1n) is 5.30. The van der Waals surface area contributed by atoms with Crippen molar-refractivity contribution in [2.75, 3.05) is 0 Å². The number of hydrogen-bond donors (Lipinski definition) is 1. The van der Waals surface area contributed by atoms with Crippen molar-refractivity contribution in [3.63, 3.8) is 0 Å². The summed E-state index contributed by atoms with van der Waals surface area (Å²) in [6.07, 6.45) is 0.400. The molecule has 94 valence electrons. The summed E-state index contributed by atoms with van der Waals surface area (Å²) in [5.74, 6) is 0. The Bertz CT molecular complexity index is 571. The first kappa shape index (κ1) is 13.0. The Morgan fingerprint density at radius 3 is 2.72 bits per heavy atom. The highest BCUT2D eigenvalue weighted by Gasteiger charge is 2.18. The molecule has 0 aliphatic heterocycles. The smallest absolute Gasteiger partial charge is 0.272 e. The lowest BCUT2D eigenvalue weighted by atomic mass is 10.0. The molecule has 0 amide bonds. The van der Waals surface area contributed by atoms with E-state index in [1.165, 1.54) is 17.4 Å². The number of nitrogens with zero attached hydrogens (tertiary/aromatic N) is 1. The summed E-state index contributed by atoms with van der Waals surface area (Å²) < 4.78 is 0. The van der Waals surface area contributed by atoms with Crippen molar-refractivity contribution < 1.29 is 4.92 Å². The highest BCUT2D eigenvalue weighted by molar-refractivity contribution is 7.10. The second kappa shape index (κ2) is 5.48. The molecule has 0 aliphatic carbocycles. The number of rotatable bonds is 4. The minimum atomic E-state index is -0.391. The van der Waals surface area contributed by atoms with Crippen LogP contribution in [-0.2, 0) is 6.42 Å². The molecule has 2 N–H and O–H groups in total. The number of nitro benzene ring substituents is 1. The summed E-state index contributed by atoms with van der Waals surface area (Å²) in [6.45, 7) is 0. The number of para-hydroxylation sites is 1. The quantitative estimate of drug-likeness (QED) is 0.689. The molecule has 0 radical (unpaired) electrons. The van der Waals surface area contributed by atoms with Crippen molar-refractivity contribution in [1.29, 1.82) is 0 Å². The van der Waals surface area contributed by atoms with Crippen LogP contribution in [0.4, 0.5) is 5.69 Å². The van der Waals surface area contributed by atoms with Gasteiger partial charge in [-0.2, -0.15) is 0 Å². The molecule has 18 heavy (non-hydrogen) atoms. The van der Waals surface area contributed by atoms with E-state index in [9.17, 15) is 10.1 Å². The van der Waals surface area contributed by atoms with Crippen LogP contribution < -0.4 is 5.73 Å². The van der Waals surface area contributed by atoms with Gasteiger partial charge in [-0.05, 0) is 17.9 Å². The lowest BCUT2D eigenvalue weighted by molar-refractivity contribution is -0.385. The van der Waals surface area contributed by atoms with Gasteiger partial charge < -0.3 is 5.73 Å². The zero-order valence-corrected chi connectivity index (χ0v) is 10.9. The van der Waals surface area contributed by atoms with Crippen LogP contribution in [0.2, 0.25) is 5.02 Å². The highest BCUT2D eigenvalue weighted by Crippen LogP contribution is 2.31. The van der Waals surface area contributed by atoms with E-state index < -0.39 is 4.92 Å². The van der Waals surface area contributed by atoms with Crippen molar-refractivity contribution in [1.82, 2.24) is 0 Å². The Morgan fingerprint density at radius 2 is 2.11 bits per heavy atom. The Labute approximate surface area is 113 Å². The van der Waals surface area contributed by atoms with Gasteiger partial charge in [0.2, 0.25) is 0 Å². The third-order valence-corrected chi connectivity index (χ3v) is 4.10. The summed E-state index contributed by atoms with van der Waals surface area (Å²) in [7, 11) is 0. The molecule has 0 saturated heterocycles.